The van der Waals surface area contributed by atoms with Gasteiger partial charge in [0.15, 0.2) is 12.0 Å². The third kappa shape index (κ3) is 2.69. The Labute approximate surface area is 98.4 Å². The minimum Gasteiger partial charge on any atom is -0.483 e. The SMILES string of the molecule is Cc1cc(COc2ccc(C)nc2C=O)on1. The minimum absolute atomic E-state index is 0.229. The van der Waals surface area contributed by atoms with Crippen molar-refractivity contribution in [1.82, 2.24) is 10.1 Å². The van der Waals surface area contributed by atoms with E-state index in [9.17, 15) is 4.79 Å². The van der Waals surface area contributed by atoms with Crippen LogP contribution in [0.15, 0.2) is 22.7 Å². The molecule has 0 saturated carbocycles. The Morgan fingerprint density at radius 2 is 2.18 bits per heavy atom. The molecule has 0 aromatic carbocycles. The van der Waals surface area contributed by atoms with Crippen LogP contribution in [0.5, 0.6) is 5.75 Å². The summed E-state index contributed by atoms with van der Waals surface area (Å²) in [4.78, 5) is 14.9. The maximum absolute atomic E-state index is 10.8. The molecule has 0 spiro atoms. The summed E-state index contributed by atoms with van der Waals surface area (Å²) in [5.74, 6) is 1.06. The maximum Gasteiger partial charge on any atom is 0.174 e. The van der Waals surface area contributed by atoms with Crippen molar-refractivity contribution >= 4 is 6.29 Å². The lowest BCUT2D eigenvalue weighted by Crippen LogP contribution is -2.00. The number of hydrogen-bond acceptors (Lipinski definition) is 5. The van der Waals surface area contributed by atoms with Gasteiger partial charge in [-0.15, -0.1) is 0 Å². The lowest BCUT2D eigenvalue weighted by atomic mass is 10.3. The normalized spacial score (nSPS) is 10.2. The molecule has 0 saturated heterocycles. The van der Waals surface area contributed by atoms with E-state index in [1.54, 1.807) is 18.2 Å². The zero-order chi connectivity index (χ0) is 12.3. The standard InChI is InChI=1S/C12H12N2O3/c1-8-3-4-12(11(6-15)13-8)16-7-10-5-9(2)14-17-10/h3-6H,7H2,1-2H3. The predicted octanol–water partition coefficient (Wildman–Crippen LogP) is 2.08. The van der Waals surface area contributed by atoms with Crippen molar-refractivity contribution in [3.63, 3.8) is 0 Å². The molecule has 5 heteroatoms. The van der Waals surface area contributed by atoms with E-state index < -0.39 is 0 Å². The number of ether oxygens (including phenoxy) is 1. The Bertz CT molecular complexity index is 534. The molecule has 0 aliphatic heterocycles. The van der Waals surface area contributed by atoms with Crippen LogP contribution < -0.4 is 4.74 Å². The summed E-state index contributed by atoms with van der Waals surface area (Å²) in [7, 11) is 0. The second-order valence-corrected chi connectivity index (χ2v) is 3.68. The molecule has 0 unspecified atom stereocenters. The molecule has 17 heavy (non-hydrogen) atoms. The van der Waals surface area contributed by atoms with Crippen LogP contribution in [0.25, 0.3) is 0 Å². The van der Waals surface area contributed by atoms with Crippen molar-refractivity contribution in [1.29, 1.82) is 0 Å². The van der Waals surface area contributed by atoms with Crippen LogP contribution in [0, 0.1) is 13.8 Å². The number of aryl methyl sites for hydroxylation is 2. The van der Waals surface area contributed by atoms with E-state index in [0.717, 1.165) is 11.4 Å². The smallest absolute Gasteiger partial charge is 0.174 e. The largest absolute Gasteiger partial charge is 0.483 e. The molecule has 5 nitrogen and oxygen atoms in total. The summed E-state index contributed by atoms with van der Waals surface area (Å²) in [5.41, 5.74) is 1.86. The van der Waals surface area contributed by atoms with Crippen LogP contribution in [-0.4, -0.2) is 16.4 Å². The Hall–Kier alpha value is -2.17. The molecule has 0 amide bonds. The van der Waals surface area contributed by atoms with E-state index in [1.807, 2.05) is 13.8 Å². The molecule has 0 bridgehead atoms. The second-order valence-electron chi connectivity index (χ2n) is 3.68. The lowest BCUT2D eigenvalue weighted by molar-refractivity contribution is 0.111. The van der Waals surface area contributed by atoms with Gasteiger partial charge in [0.2, 0.25) is 0 Å². The molecule has 0 fully saturated rings. The van der Waals surface area contributed by atoms with Gasteiger partial charge >= 0.3 is 0 Å². The molecule has 0 aliphatic carbocycles. The average molecular weight is 232 g/mol. The van der Waals surface area contributed by atoms with Crippen LogP contribution in [0.3, 0.4) is 0 Å². The summed E-state index contributed by atoms with van der Waals surface area (Å²) >= 11 is 0. The number of aromatic nitrogens is 2. The highest BCUT2D eigenvalue weighted by Gasteiger charge is 2.07. The van der Waals surface area contributed by atoms with E-state index in [0.29, 0.717) is 23.5 Å². The Kier molecular flexibility index (Phi) is 3.18. The first-order valence-corrected chi connectivity index (χ1v) is 5.17. The van der Waals surface area contributed by atoms with Crippen molar-refractivity contribution in [2.24, 2.45) is 0 Å². The monoisotopic (exact) mass is 232 g/mol. The van der Waals surface area contributed by atoms with Crippen LogP contribution >= 0.6 is 0 Å². The second kappa shape index (κ2) is 4.78. The number of rotatable bonds is 4. The fourth-order valence-electron chi connectivity index (χ4n) is 1.40. The van der Waals surface area contributed by atoms with Gasteiger partial charge in [-0.3, -0.25) is 4.79 Å². The summed E-state index contributed by atoms with van der Waals surface area (Å²) in [5, 5.41) is 3.75. The van der Waals surface area contributed by atoms with Gasteiger partial charge in [-0.2, -0.15) is 0 Å². The zero-order valence-corrected chi connectivity index (χ0v) is 9.64. The fraction of sp³-hybridized carbons (Fsp3) is 0.250. The van der Waals surface area contributed by atoms with E-state index in [-0.39, 0.29) is 6.61 Å². The molecule has 0 N–H and O–H groups in total. The first kappa shape index (κ1) is 11.3. The number of hydrogen-bond donors (Lipinski definition) is 0. The maximum atomic E-state index is 10.8. The average Bonchev–Trinajstić information content (AvgIpc) is 2.73. The fourth-order valence-corrected chi connectivity index (χ4v) is 1.40. The van der Waals surface area contributed by atoms with E-state index >= 15 is 0 Å². The number of carbonyl (C=O) groups excluding carboxylic acids is 1. The topological polar surface area (TPSA) is 65.2 Å². The molecule has 2 heterocycles. The molecular weight excluding hydrogens is 220 g/mol. The molecule has 0 radical (unpaired) electrons. The van der Waals surface area contributed by atoms with Crippen molar-refractivity contribution in [3.05, 3.63) is 41.0 Å². The van der Waals surface area contributed by atoms with Crippen molar-refractivity contribution < 1.29 is 14.1 Å². The lowest BCUT2D eigenvalue weighted by Gasteiger charge is -2.06. The summed E-state index contributed by atoms with van der Waals surface area (Å²) in [6, 6.07) is 5.28. The van der Waals surface area contributed by atoms with E-state index in [1.165, 1.54) is 0 Å². The molecule has 2 aromatic heterocycles. The number of aldehydes is 1. The molecule has 2 aromatic rings. The quantitative estimate of drug-likeness (QED) is 0.755. The van der Waals surface area contributed by atoms with Crippen LogP contribution in [-0.2, 0) is 6.61 Å². The zero-order valence-electron chi connectivity index (χ0n) is 9.64. The van der Waals surface area contributed by atoms with Gasteiger partial charge in [-0.25, -0.2) is 4.98 Å². The van der Waals surface area contributed by atoms with Gasteiger partial charge in [-0.1, -0.05) is 5.16 Å². The first-order chi connectivity index (χ1) is 8.19. The van der Waals surface area contributed by atoms with Crippen molar-refractivity contribution in [2.45, 2.75) is 20.5 Å². The van der Waals surface area contributed by atoms with Gasteiger partial charge in [-0.05, 0) is 26.0 Å². The number of carbonyl (C=O) groups is 1. The van der Waals surface area contributed by atoms with E-state index in [2.05, 4.69) is 10.1 Å². The van der Waals surface area contributed by atoms with Crippen LogP contribution in [0.2, 0.25) is 0 Å². The van der Waals surface area contributed by atoms with Gasteiger partial charge in [0.1, 0.15) is 18.1 Å². The first-order valence-electron chi connectivity index (χ1n) is 5.17. The van der Waals surface area contributed by atoms with Gasteiger partial charge in [0.05, 0.1) is 5.69 Å². The summed E-state index contributed by atoms with van der Waals surface area (Å²) in [6.07, 6.45) is 0.675. The van der Waals surface area contributed by atoms with Crippen LogP contribution in [0.4, 0.5) is 0 Å². The molecule has 0 aliphatic rings. The Morgan fingerprint density at radius 3 is 2.82 bits per heavy atom. The highest BCUT2D eigenvalue weighted by atomic mass is 16.5. The molecule has 88 valence electrons. The summed E-state index contributed by atoms with van der Waals surface area (Å²) < 4.78 is 10.5. The van der Waals surface area contributed by atoms with Gasteiger partial charge in [0.25, 0.3) is 0 Å². The molecule has 2 rings (SSSR count). The highest BCUT2D eigenvalue weighted by molar-refractivity contribution is 5.76. The Morgan fingerprint density at radius 1 is 1.35 bits per heavy atom. The number of pyridine rings is 1. The molecular formula is C12H12N2O3. The third-order valence-corrected chi connectivity index (χ3v) is 2.18. The van der Waals surface area contributed by atoms with Gasteiger partial charge < -0.3 is 9.26 Å². The third-order valence-electron chi connectivity index (χ3n) is 2.18. The summed E-state index contributed by atoms with van der Waals surface area (Å²) in [6.45, 7) is 3.88. The van der Waals surface area contributed by atoms with Crippen molar-refractivity contribution in [3.8, 4) is 5.75 Å². The van der Waals surface area contributed by atoms with E-state index in [4.69, 9.17) is 9.26 Å². The number of nitrogens with zero attached hydrogens (tertiary/aromatic N) is 2. The molecule has 0 atom stereocenters. The highest BCUT2D eigenvalue weighted by Crippen LogP contribution is 2.17. The van der Waals surface area contributed by atoms with Crippen LogP contribution in [0.1, 0.15) is 27.6 Å². The van der Waals surface area contributed by atoms with Crippen molar-refractivity contribution in [2.75, 3.05) is 0 Å². The Balaban J connectivity index is 2.11. The minimum atomic E-state index is 0.229. The van der Waals surface area contributed by atoms with Gasteiger partial charge in [0, 0.05) is 11.8 Å². The predicted molar refractivity (Wildman–Crippen MR) is 59.9 cm³/mol.